The fraction of sp³-hybridized carbons (Fsp3) is 0.278. The number of hydrogen-bond acceptors (Lipinski definition) is 1. The standard InChI is InChI=1S/C18H21NO/c1-13(2)19-18(20)12-16-11-14(3)9-10-17(16)15-7-5-4-6-8-15/h4-11,13H,12H2,1-3H3,(H,19,20). The molecular formula is C18H21NO. The van der Waals surface area contributed by atoms with Gasteiger partial charge < -0.3 is 5.32 Å². The number of hydrogen-bond donors (Lipinski definition) is 1. The molecule has 2 aromatic rings. The molecule has 1 N–H and O–H groups in total. The molecule has 0 bridgehead atoms. The van der Waals surface area contributed by atoms with Gasteiger partial charge in [-0.25, -0.2) is 0 Å². The average Bonchev–Trinajstić information content (AvgIpc) is 2.39. The molecule has 0 fully saturated rings. The number of aryl methyl sites for hydroxylation is 1. The Morgan fingerprint density at radius 1 is 1.10 bits per heavy atom. The van der Waals surface area contributed by atoms with Crippen LogP contribution in [0.15, 0.2) is 48.5 Å². The Balaban J connectivity index is 2.32. The van der Waals surface area contributed by atoms with Gasteiger partial charge in [0, 0.05) is 6.04 Å². The topological polar surface area (TPSA) is 29.1 Å². The zero-order valence-corrected chi connectivity index (χ0v) is 12.3. The van der Waals surface area contributed by atoms with Crippen LogP contribution < -0.4 is 5.32 Å². The Labute approximate surface area is 120 Å². The Kier molecular flexibility index (Phi) is 4.57. The van der Waals surface area contributed by atoms with E-state index in [1.54, 1.807) is 0 Å². The van der Waals surface area contributed by atoms with Gasteiger partial charge in [-0.3, -0.25) is 4.79 Å². The van der Waals surface area contributed by atoms with Gasteiger partial charge in [-0.05, 0) is 37.5 Å². The van der Waals surface area contributed by atoms with Crippen LogP contribution >= 0.6 is 0 Å². The fourth-order valence-corrected chi connectivity index (χ4v) is 2.31. The van der Waals surface area contributed by atoms with Gasteiger partial charge in [0.2, 0.25) is 5.91 Å². The number of nitrogens with one attached hydrogen (secondary N) is 1. The predicted octanol–water partition coefficient (Wildman–Crippen LogP) is 3.73. The van der Waals surface area contributed by atoms with E-state index in [-0.39, 0.29) is 11.9 Å². The lowest BCUT2D eigenvalue weighted by Gasteiger charge is -2.13. The largest absolute Gasteiger partial charge is 0.354 e. The lowest BCUT2D eigenvalue weighted by molar-refractivity contribution is -0.120. The first-order valence-electron chi connectivity index (χ1n) is 7.00. The number of amides is 1. The summed E-state index contributed by atoms with van der Waals surface area (Å²) in [6.07, 6.45) is 0.421. The van der Waals surface area contributed by atoms with Crippen LogP contribution in [0.2, 0.25) is 0 Å². The summed E-state index contributed by atoms with van der Waals surface area (Å²) in [6, 6.07) is 16.7. The molecule has 0 aliphatic heterocycles. The van der Waals surface area contributed by atoms with Crippen molar-refractivity contribution in [2.75, 3.05) is 0 Å². The van der Waals surface area contributed by atoms with E-state index in [1.165, 1.54) is 5.56 Å². The monoisotopic (exact) mass is 267 g/mol. The van der Waals surface area contributed by atoms with E-state index in [0.29, 0.717) is 6.42 Å². The first-order valence-corrected chi connectivity index (χ1v) is 7.00. The van der Waals surface area contributed by atoms with Crippen molar-refractivity contribution in [1.29, 1.82) is 0 Å². The number of rotatable bonds is 4. The minimum atomic E-state index is 0.0720. The van der Waals surface area contributed by atoms with Crippen LogP contribution in [-0.4, -0.2) is 11.9 Å². The summed E-state index contributed by atoms with van der Waals surface area (Å²) < 4.78 is 0. The van der Waals surface area contributed by atoms with Crippen LogP contribution in [0.5, 0.6) is 0 Å². The minimum Gasteiger partial charge on any atom is -0.354 e. The highest BCUT2D eigenvalue weighted by atomic mass is 16.1. The van der Waals surface area contributed by atoms with Gasteiger partial charge in [0.25, 0.3) is 0 Å². The van der Waals surface area contributed by atoms with Crippen molar-refractivity contribution in [3.63, 3.8) is 0 Å². The van der Waals surface area contributed by atoms with Gasteiger partial charge >= 0.3 is 0 Å². The Bertz CT molecular complexity index is 588. The first-order chi connectivity index (χ1) is 9.56. The summed E-state index contributed by atoms with van der Waals surface area (Å²) in [5.41, 5.74) is 4.54. The van der Waals surface area contributed by atoms with Crippen molar-refractivity contribution in [1.82, 2.24) is 5.32 Å². The molecule has 0 unspecified atom stereocenters. The molecule has 2 heteroatoms. The number of carbonyl (C=O) groups is 1. The predicted molar refractivity (Wildman–Crippen MR) is 83.6 cm³/mol. The van der Waals surface area contributed by atoms with Gasteiger partial charge in [-0.1, -0.05) is 54.1 Å². The van der Waals surface area contributed by atoms with Gasteiger partial charge in [-0.15, -0.1) is 0 Å². The third kappa shape index (κ3) is 3.70. The molecule has 0 saturated heterocycles. The van der Waals surface area contributed by atoms with E-state index in [0.717, 1.165) is 16.7 Å². The van der Waals surface area contributed by atoms with Crippen LogP contribution in [0.25, 0.3) is 11.1 Å². The fourth-order valence-electron chi connectivity index (χ4n) is 2.31. The van der Waals surface area contributed by atoms with Crippen molar-refractivity contribution in [2.24, 2.45) is 0 Å². The highest BCUT2D eigenvalue weighted by Gasteiger charge is 2.10. The maximum Gasteiger partial charge on any atom is 0.224 e. The summed E-state index contributed by atoms with van der Waals surface area (Å²) in [5, 5.41) is 2.95. The van der Waals surface area contributed by atoms with Crippen LogP contribution in [-0.2, 0) is 11.2 Å². The highest BCUT2D eigenvalue weighted by Crippen LogP contribution is 2.25. The van der Waals surface area contributed by atoms with Crippen molar-refractivity contribution in [3.05, 3.63) is 59.7 Å². The maximum absolute atomic E-state index is 12.0. The highest BCUT2D eigenvalue weighted by molar-refractivity contribution is 5.82. The van der Waals surface area contributed by atoms with E-state index in [9.17, 15) is 4.79 Å². The zero-order valence-electron chi connectivity index (χ0n) is 12.3. The Morgan fingerprint density at radius 2 is 1.80 bits per heavy atom. The quantitative estimate of drug-likeness (QED) is 0.898. The van der Waals surface area contributed by atoms with Crippen molar-refractivity contribution in [3.8, 4) is 11.1 Å². The van der Waals surface area contributed by atoms with E-state index < -0.39 is 0 Å². The molecule has 0 spiro atoms. The Morgan fingerprint density at radius 3 is 2.45 bits per heavy atom. The van der Waals surface area contributed by atoms with Crippen LogP contribution in [0.4, 0.5) is 0 Å². The van der Waals surface area contributed by atoms with Crippen LogP contribution in [0.1, 0.15) is 25.0 Å². The third-order valence-electron chi connectivity index (χ3n) is 3.15. The molecule has 0 heterocycles. The molecule has 0 aliphatic carbocycles. The molecule has 20 heavy (non-hydrogen) atoms. The SMILES string of the molecule is Cc1ccc(-c2ccccc2)c(CC(=O)NC(C)C)c1. The normalized spacial score (nSPS) is 10.6. The summed E-state index contributed by atoms with van der Waals surface area (Å²) in [4.78, 5) is 12.0. The molecule has 0 radical (unpaired) electrons. The van der Waals surface area contributed by atoms with Crippen molar-refractivity contribution < 1.29 is 4.79 Å². The van der Waals surface area contributed by atoms with Crippen LogP contribution in [0, 0.1) is 6.92 Å². The lowest BCUT2D eigenvalue weighted by Crippen LogP contribution is -2.31. The van der Waals surface area contributed by atoms with E-state index in [2.05, 4.69) is 42.6 Å². The lowest BCUT2D eigenvalue weighted by atomic mass is 9.95. The first kappa shape index (κ1) is 14.3. The van der Waals surface area contributed by atoms with Gasteiger partial charge in [-0.2, -0.15) is 0 Å². The number of benzene rings is 2. The molecule has 0 saturated carbocycles. The summed E-state index contributed by atoms with van der Waals surface area (Å²) >= 11 is 0. The molecule has 2 rings (SSSR count). The molecule has 1 amide bonds. The average molecular weight is 267 g/mol. The maximum atomic E-state index is 12.0. The van der Waals surface area contributed by atoms with Crippen LogP contribution in [0.3, 0.4) is 0 Å². The molecule has 0 aromatic heterocycles. The Hall–Kier alpha value is -2.09. The summed E-state index contributed by atoms with van der Waals surface area (Å²) in [6.45, 7) is 6.01. The second-order valence-corrected chi connectivity index (χ2v) is 5.43. The molecule has 2 nitrogen and oxygen atoms in total. The minimum absolute atomic E-state index is 0.0720. The van der Waals surface area contributed by atoms with Gasteiger partial charge in [0.15, 0.2) is 0 Å². The second-order valence-electron chi connectivity index (χ2n) is 5.43. The smallest absolute Gasteiger partial charge is 0.224 e. The second kappa shape index (κ2) is 6.38. The third-order valence-corrected chi connectivity index (χ3v) is 3.15. The number of carbonyl (C=O) groups excluding carboxylic acids is 1. The van der Waals surface area contributed by atoms with E-state index >= 15 is 0 Å². The van der Waals surface area contributed by atoms with E-state index in [4.69, 9.17) is 0 Å². The summed E-state index contributed by atoms with van der Waals surface area (Å²) in [7, 11) is 0. The van der Waals surface area contributed by atoms with E-state index in [1.807, 2.05) is 32.0 Å². The molecule has 104 valence electrons. The van der Waals surface area contributed by atoms with Crippen molar-refractivity contribution >= 4 is 5.91 Å². The van der Waals surface area contributed by atoms with Gasteiger partial charge in [0.05, 0.1) is 6.42 Å². The van der Waals surface area contributed by atoms with Crippen molar-refractivity contribution in [2.45, 2.75) is 33.2 Å². The molecule has 2 aromatic carbocycles. The van der Waals surface area contributed by atoms with Gasteiger partial charge in [0.1, 0.15) is 0 Å². The molecule has 0 aliphatic rings. The molecule has 0 atom stereocenters. The zero-order chi connectivity index (χ0) is 14.5. The molecular weight excluding hydrogens is 246 g/mol. The summed E-state index contributed by atoms with van der Waals surface area (Å²) in [5.74, 6) is 0.0720.